The fraction of sp³-hybridized carbons (Fsp3) is 0.200. The van der Waals surface area contributed by atoms with Gasteiger partial charge in [0.2, 0.25) is 0 Å². The number of rotatable bonds is 2. The molecule has 0 N–H and O–H groups in total. The molecule has 0 fully saturated rings. The fourth-order valence-electron chi connectivity index (χ4n) is 1.92. The van der Waals surface area contributed by atoms with Gasteiger partial charge in [-0.05, 0) is 54.3 Å². The van der Waals surface area contributed by atoms with Gasteiger partial charge in [-0.3, -0.25) is 0 Å². The van der Waals surface area contributed by atoms with Crippen LogP contribution in [-0.2, 0) is 0 Å². The summed E-state index contributed by atoms with van der Waals surface area (Å²) >= 11 is 13.4. The summed E-state index contributed by atoms with van der Waals surface area (Å²) in [6, 6.07) is 12.3. The lowest BCUT2D eigenvalue weighted by atomic mass is 9.98. The van der Waals surface area contributed by atoms with E-state index in [2.05, 4.69) is 63.9 Å². The average Bonchev–Trinajstić information content (AvgIpc) is 2.33. The van der Waals surface area contributed by atoms with E-state index in [0.717, 1.165) is 9.50 Å². The molecule has 2 aromatic carbocycles. The number of benzene rings is 2. The van der Waals surface area contributed by atoms with Gasteiger partial charge in [-0.2, -0.15) is 0 Å². The lowest BCUT2D eigenvalue weighted by Gasteiger charge is -2.15. The quantitative estimate of drug-likeness (QED) is 0.537. The number of hydrogen-bond donors (Lipinski definition) is 0. The summed E-state index contributed by atoms with van der Waals surface area (Å²) in [7, 11) is 0. The summed E-state index contributed by atoms with van der Waals surface area (Å²) in [6.07, 6.45) is 0. The van der Waals surface area contributed by atoms with Crippen LogP contribution >= 0.6 is 43.5 Å². The predicted octanol–water partition coefficient (Wildman–Crippen LogP) is 6.20. The molecule has 0 aliphatic heterocycles. The summed E-state index contributed by atoms with van der Waals surface area (Å²) in [6.45, 7) is 4.23. The normalized spacial score (nSPS) is 12.5. The van der Waals surface area contributed by atoms with Crippen molar-refractivity contribution in [3.8, 4) is 0 Å². The van der Waals surface area contributed by atoms with Crippen LogP contribution in [0.25, 0.3) is 0 Å². The first-order valence-corrected chi connectivity index (χ1v) is 7.74. The standard InChI is InChI=1S/C15H13Br2Cl/c1-9-7-14(16)10(2)6-13(9)15(17)11-4-3-5-12(18)8-11/h3-8,15H,1-2H3. The largest absolute Gasteiger partial charge is 0.0843 e. The lowest BCUT2D eigenvalue weighted by molar-refractivity contribution is 1.13. The van der Waals surface area contributed by atoms with E-state index >= 15 is 0 Å². The van der Waals surface area contributed by atoms with Crippen molar-refractivity contribution in [1.82, 2.24) is 0 Å². The van der Waals surface area contributed by atoms with E-state index in [1.54, 1.807) is 0 Å². The van der Waals surface area contributed by atoms with Crippen molar-refractivity contribution in [2.75, 3.05) is 0 Å². The van der Waals surface area contributed by atoms with E-state index in [9.17, 15) is 0 Å². The first-order valence-electron chi connectivity index (χ1n) is 5.65. The van der Waals surface area contributed by atoms with E-state index in [1.165, 1.54) is 22.3 Å². The van der Waals surface area contributed by atoms with Crippen molar-refractivity contribution in [1.29, 1.82) is 0 Å². The minimum absolute atomic E-state index is 0.169. The Morgan fingerprint density at radius 2 is 1.78 bits per heavy atom. The van der Waals surface area contributed by atoms with E-state index in [0.29, 0.717) is 0 Å². The fourth-order valence-corrected chi connectivity index (χ4v) is 3.35. The van der Waals surface area contributed by atoms with E-state index in [4.69, 9.17) is 11.6 Å². The number of halogens is 3. The molecule has 2 aromatic rings. The van der Waals surface area contributed by atoms with Crippen LogP contribution in [0.15, 0.2) is 40.9 Å². The molecule has 0 saturated heterocycles. The topological polar surface area (TPSA) is 0 Å². The SMILES string of the molecule is Cc1cc(C(Br)c2cccc(Cl)c2)c(C)cc1Br. The van der Waals surface area contributed by atoms with Crippen molar-refractivity contribution >= 4 is 43.5 Å². The van der Waals surface area contributed by atoms with Crippen LogP contribution in [0.2, 0.25) is 5.02 Å². The summed E-state index contributed by atoms with van der Waals surface area (Å²) < 4.78 is 1.15. The zero-order valence-electron chi connectivity index (χ0n) is 10.2. The van der Waals surface area contributed by atoms with Gasteiger partial charge in [0.1, 0.15) is 0 Å². The van der Waals surface area contributed by atoms with Crippen molar-refractivity contribution in [2.45, 2.75) is 18.7 Å². The highest BCUT2D eigenvalue weighted by Gasteiger charge is 2.14. The molecule has 0 spiro atoms. The van der Waals surface area contributed by atoms with Gasteiger partial charge in [0.15, 0.2) is 0 Å². The van der Waals surface area contributed by atoms with Crippen LogP contribution in [0, 0.1) is 13.8 Å². The van der Waals surface area contributed by atoms with Crippen molar-refractivity contribution in [3.05, 3.63) is 68.1 Å². The monoisotopic (exact) mass is 386 g/mol. The Labute approximate surface area is 130 Å². The highest BCUT2D eigenvalue weighted by molar-refractivity contribution is 9.10. The highest BCUT2D eigenvalue weighted by Crippen LogP contribution is 2.35. The molecule has 1 unspecified atom stereocenters. The Kier molecular flexibility index (Phi) is 4.52. The van der Waals surface area contributed by atoms with Gasteiger partial charge in [0, 0.05) is 9.50 Å². The summed E-state index contributed by atoms with van der Waals surface area (Å²) in [5.41, 5.74) is 4.95. The summed E-state index contributed by atoms with van der Waals surface area (Å²) in [5, 5.41) is 0.767. The maximum Gasteiger partial charge on any atom is 0.0647 e. The van der Waals surface area contributed by atoms with Crippen LogP contribution in [-0.4, -0.2) is 0 Å². The second-order valence-electron chi connectivity index (χ2n) is 4.38. The van der Waals surface area contributed by atoms with Gasteiger partial charge in [0.05, 0.1) is 4.83 Å². The minimum atomic E-state index is 0.169. The van der Waals surface area contributed by atoms with Crippen LogP contribution in [0.1, 0.15) is 27.1 Å². The second kappa shape index (κ2) is 5.77. The first kappa shape index (κ1) is 14.1. The molecular formula is C15H13Br2Cl. The molecule has 0 amide bonds. The Morgan fingerprint density at radius 3 is 2.44 bits per heavy atom. The Balaban J connectivity index is 2.46. The maximum absolute atomic E-state index is 6.04. The molecule has 1 atom stereocenters. The molecule has 94 valence electrons. The molecule has 0 heterocycles. The zero-order chi connectivity index (χ0) is 13.3. The number of hydrogen-bond acceptors (Lipinski definition) is 0. The van der Waals surface area contributed by atoms with Gasteiger partial charge in [-0.25, -0.2) is 0 Å². The second-order valence-corrected chi connectivity index (χ2v) is 6.58. The average molecular weight is 389 g/mol. The third-order valence-corrected chi connectivity index (χ3v) is 5.07. The molecule has 18 heavy (non-hydrogen) atoms. The molecule has 2 rings (SSSR count). The van der Waals surface area contributed by atoms with Gasteiger partial charge < -0.3 is 0 Å². The molecule has 0 aliphatic carbocycles. The minimum Gasteiger partial charge on any atom is -0.0843 e. The molecule has 0 nitrogen and oxygen atoms in total. The Bertz CT molecular complexity index is 579. The van der Waals surface area contributed by atoms with Crippen LogP contribution in [0.4, 0.5) is 0 Å². The molecule has 0 aromatic heterocycles. The molecular weight excluding hydrogens is 375 g/mol. The maximum atomic E-state index is 6.04. The van der Waals surface area contributed by atoms with Crippen molar-refractivity contribution in [3.63, 3.8) is 0 Å². The highest BCUT2D eigenvalue weighted by atomic mass is 79.9. The van der Waals surface area contributed by atoms with Gasteiger partial charge in [-0.1, -0.05) is 61.7 Å². The number of aryl methyl sites for hydroxylation is 2. The third-order valence-electron chi connectivity index (χ3n) is 2.96. The smallest absolute Gasteiger partial charge is 0.0647 e. The molecule has 0 bridgehead atoms. The zero-order valence-corrected chi connectivity index (χ0v) is 14.1. The molecule has 0 saturated carbocycles. The van der Waals surface area contributed by atoms with Gasteiger partial charge >= 0.3 is 0 Å². The Hall–Kier alpha value is -0.310. The van der Waals surface area contributed by atoms with Gasteiger partial charge in [-0.15, -0.1) is 0 Å². The summed E-state index contributed by atoms with van der Waals surface area (Å²) in [5.74, 6) is 0. The predicted molar refractivity (Wildman–Crippen MR) is 85.8 cm³/mol. The molecule has 0 radical (unpaired) electrons. The van der Waals surface area contributed by atoms with Crippen LogP contribution in [0.5, 0.6) is 0 Å². The van der Waals surface area contributed by atoms with Crippen molar-refractivity contribution in [2.24, 2.45) is 0 Å². The molecule has 3 heteroatoms. The van der Waals surface area contributed by atoms with Crippen LogP contribution in [0.3, 0.4) is 0 Å². The first-order chi connectivity index (χ1) is 8.49. The summed E-state index contributed by atoms with van der Waals surface area (Å²) in [4.78, 5) is 0.169. The van der Waals surface area contributed by atoms with E-state index < -0.39 is 0 Å². The van der Waals surface area contributed by atoms with E-state index in [-0.39, 0.29) is 4.83 Å². The Morgan fingerprint density at radius 1 is 1.06 bits per heavy atom. The van der Waals surface area contributed by atoms with Crippen molar-refractivity contribution < 1.29 is 0 Å². The van der Waals surface area contributed by atoms with E-state index in [1.807, 2.05) is 18.2 Å². The molecule has 0 aliphatic rings. The van der Waals surface area contributed by atoms with Crippen LogP contribution < -0.4 is 0 Å². The third kappa shape index (κ3) is 2.98. The van der Waals surface area contributed by atoms with Gasteiger partial charge in [0.25, 0.3) is 0 Å². The lowest BCUT2D eigenvalue weighted by Crippen LogP contribution is -1.97. The number of alkyl halides is 1.